The van der Waals surface area contributed by atoms with Gasteiger partial charge in [-0.2, -0.15) is 0 Å². The molecule has 0 radical (unpaired) electrons. The van der Waals surface area contributed by atoms with E-state index in [1.165, 1.54) is 35.0 Å². The van der Waals surface area contributed by atoms with Crippen LogP contribution in [0.3, 0.4) is 0 Å². The quantitative estimate of drug-likeness (QED) is 0.494. The van der Waals surface area contributed by atoms with Gasteiger partial charge in [0.2, 0.25) is 0 Å². The van der Waals surface area contributed by atoms with Crippen molar-refractivity contribution in [2.75, 3.05) is 0 Å². The summed E-state index contributed by atoms with van der Waals surface area (Å²) in [5.41, 5.74) is 7.31. The predicted octanol–water partition coefficient (Wildman–Crippen LogP) is 4.87. The van der Waals surface area contributed by atoms with E-state index < -0.39 is 0 Å². The van der Waals surface area contributed by atoms with Crippen LogP contribution in [0.5, 0.6) is 0 Å². The normalized spacial score (nSPS) is 18.6. The van der Waals surface area contributed by atoms with Gasteiger partial charge in [-0.15, -0.1) is 11.3 Å². The van der Waals surface area contributed by atoms with Crippen LogP contribution in [0, 0.1) is 11.8 Å². The Bertz CT molecular complexity index is 900. The van der Waals surface area contributed by atoms with E-state index in [9.17, 15) is 4.79 Å². The number of nitrogens with two attached hydrogens (primary N) is 1. The number of aryl methyl sites for hydroxylation is 1. The molecule has 1 aliphatic carbocycles. The standard InChI is InChI=1S/C21H32N4OS2/c1-12(2)6-5-7-14(4)23-21(22)27-11-17-24-19(26)18-15-9-8-13(3)10-16(15)28-20(18)25-17/h12-14H,5-11H2,1-4H3,(H2,22,23)(H,24,25,26)/t13-,14+/m0/s1. The molecule has 1 aliphatic rings. The lowest BCUT2D eigenvalue weighted by Crippen LogP contribution is -2.16. The summed E-state index contributed by atoms with van der Waals surface area (Å²) in [6.45, 7) is 8.87. The second kappa shape index (κ2) is 9.44. The Morgan fingerprint density at radius 2 is 2.18 bits per heavy atom. The number of H-pyrrole nitrogens is 1. The first-order valence-corrected chi connectivity index (χ1v) is 12.1. The molecule has 3 N–H and O–H groups in total. The fourth-order valence-corrected chi connectivity index (χ4v) is 5.82. The lowest BCUT2D eigenvalue weighted by Gasteiger charge is -2.17. The van der Waals surface area contributed by atoms with Crippen molar-refractivity contribution in [3.63, 3.8) is 0 Å². The number of aromatic amines is 1. The van der Waals surface area contributed by atoms with Crippen LogP contribution in [0.1, 0.15) is 69.6 Å². The van der Waals surface area contributed by atoms with Gasteiger partial charge in [0.1, 0.15) is 10.7 Å². The van der Waals surface area contributed by atoms with Gasteiger partial charge in [0, 0.05) is 10.9 Å². The largest absolute Gasteiger partial charge is 0.379 e. The van der Waals surface area contributed by atoms with E-state index >= 15 is 0 Å². The Hall–Kier alpha value is -1.34. The molecule has 0 aromatic carbocycles. The Kier molecular flexibility index (Phi) is 7.20. The molecule has 0 aliphatic heterocycles. The van der Waals surface area contributed by atoms with Gasteiger partial charge >= 0.3 is 0 Å². The third kappa shape index (κ3) is 5.38. The molecule has 2 atom stereocenters. The van der Waals surface area contributed by atoms with E-state index in [0.29, 0.717) is 22.7 Å². The molecule has 0 saturated carbocycles. The third-order valence-corrected chi connectivity index (χ3v) is 7.29. The average molecular weight is 421 g/mol. The first-order chi connectivity index (χ1) is 13.3. The summed E-state index contributed by atoms with van der Waals surface area (Å²) in [5.74, 6) is 2.64. The number of fused-ring (bicyclic) bond motifs is 3. The van der Waals surface area contributed by atoms with Gasteiger partial charge in [-0.1, -0.05) is 45.4 Å². The minimum atomic E-state index is -0.00906. The second-order valence-corrected chi connectivity index (χ2v) is 10.6. The van der Waals surface area contributed by atoms with E-state index in [-0.39, 0.29) is 11.6 Å². The number of aromatic nitrogens is 2. The van der Waals surface area contributed by atoms with E-state index in [1.54, 1.807) is 11.3 Å². The smallest absolute Gasteiger partial charge is 0.259 e. The van der Waals surface area contributed by atoms with E-state index in [4.69, 9.17) is 10.7 Å². The molecule has 0 saturated heterocycles. The van der Waals surface area contributed by atoms with Gasteiger partial charge in [-0.25, -0.2) is 4.98 Å². The number of hydrogen-bond acceptors (Lipinski definition) is 5. The number of thioether (sulfide) groups is 1. The van der Waals surface area contributed by atoms with Crippen molar-refractivity contribution in [2.45, 2.75) is 78.0 Å². The Morgan fingerprint density at radius 1 is 1.39 bits per heavy atom. The van der Waals surface area contributed by atoms with Crippen LogP contribution in [-0.2, 0) is 18.6 Å². The molecule has 2 aromatic rings. The Balaban J connectivity index is 1.64. The highest BCUT2D eigenvalue weighted by Gasteiger charge is 2.23. The number of rotatable bonds is 7. The lowest BCUT2D eigenvalue weighted by molar-refractivity contribution is 0.509. The molecule has 28 heavy (non-hydrogen) atoms. The first-order valence-electron chi connectivity index (χ1n) is 10.3. The SMILES string of the molecule is CC(C)CCC[C@@H](C)N=C(N)SCc1nc2sc3c(c2c(=O)[nH]1)CC[C@H](C)C3. The molecule has 3 rings (SSSR count). The van der Waals surface area contributed by atoms with Crippen LogP contribution >= 0.6 is 23.1 Å². The summed E-state index contributed by atoms with van der Waals surface area (Å²) >= 11 is 3.14. The maximum Gasteiger partial charge on any atom is 0.259 e. The fourth-order valence-electron chi connectivity index (χ4n) is 3.74. The summed E-state index contributed by atoms with van der Waals surface area (Å²) in [4.78, 5) is 27.1. The molecule has 2 aromatic heterocycles. The van der Waals surface area contributed by atoms with Crippen LogP contribution in [-0.4, -0.2) is 21.2 Å². The number of amidine groups is 1. The van der Waals surface area contributed by atoms with Crippen molar-refractivity contribution < 1.29 is 0 Å². The Labute approximate surface area is 175 Å². The van der Waals surface area contributed by atoms with Gasteiger partial charge in [0.15, 0.2) is 5.17 Å². The molecule has 0 unspecified atom stereocenters. The summed E-state index contributed by atoms with van der Waals surface area (Å²) in [6, 6.07) is 0.228. The maximum atomic E-state index is 12.7. The minimum absolute atomic E-state index is 0.00906. The number of aliphatic imine (C=N–C) groups is 1. The van der Waals surface area contributed by atoms with Crippen LogP contribution in [0.15, 0.2) is 9.79 Å². The minimum Gasteiger partial charge on any atom is -0.379 e. The van der Waals surface area contributed by atoms with Crippen LogP contribution in [0.25, 0.3) is 10.2 Å². The van der Waals surface area contributed by atoms with Crippen molar-refractivity contribution in [3.05, 3.63) is 26.6 Å². The highest BCUT2D eigenvalue weighted by Crippen LogP contribution is 2.35. The monoisotopic (exact) mass is 420 g/mol. The summed E-state index contributed by atoms with van der Waals surface area (Å²) in [6.07, 6.45) is 6.66. The summed E-state index contributed by atoms with van der Waals surface area (Å²) < 4.78 is 0. The molecule has 7 heteroatoms. The van der Waals surface area contributed by atoms with Crippen molar-refractivity contribution in [1.82, 2.24) is 9.97 Å². The molecule has 0 amide bonds. The highest BCUT2D eigenvalue weighted by molar-refractivity contribution is 8.13. The van der Waals surface area contributed by atoms with Gasteiger partial charge in [-0.05, 0) is 50.0 Å². The van der Waals surface area contributed by atoms with Gasteiger partial charge in [-0.3, -0.25) is 9.79 Å². The van der Waals surface area contributed by atoms with Crippen LogP contribution < -0.4 is 11.3 Å². The van der Waals surface area contributed by atoms with Gasteiger partial charge in [0.25, 0.3) is 5.56 Å². The molecule has 0 bridgehead atoms. The van der Waals surface area contributed by atoms with Crippen LogP contribution in [0.2, 0.25) is 0 Å². The maximum absolute atomic E-state index is 12.7. The fraction of sp³-hybridized carbons (Fsp3) is 0.667. The molecule has 2 heterocycles. The number of nitrogens with zero attached hydrogens (tertiary/aromatic N) is 2. The molecule has 5 nitrogen and oxygen atoms in total. The predicted molar refractivity (Wildman–Crippen MR) is 122 cm³/mol. The molecule has 0 fully saturated rings. The second-order valence-electron chi connectivity index (χ2n) is 8.47. The zero-order chi connectivity index (χ0) is 20.3. The zero-order valence-corrected chi connectivity index (χ0v) is 19.0. The molecule has 154 valence electrons. The number of hydrogen-bond donors (Lipinski definition) is 2. The third-order valence-electron chi connectivity index (χ3n) is 5.32. The number of thiophene rings is 1. The van der Waals surface area contributed by atoms with Crippen molar-refractivity contribution >= 4 is 38.5 Å². The number of nitrogens with one attached hydrogen (secondary N) is 1. The lowest BCUT2D eigenvalue weighted by atomic mass is 9.89. The van der Waals surface area contributed by atoms with Crippen LogP contribution in [0.4, 0.5) is 0 Å². The van der Waals surface area contributed by atoms with Crippen molar-refractivity contribution in [1.29, 1.82) is 0 Å². The van der Waals surface area contributed by atoms with E-state index in [0.717, 1.165) is 41.8 Å². The molecular weight excluding hydrogens is 388 g/mol. The van der Waals surface area contributed by atoms with E-state index in [1.807, 2.05) is 0 Å². The van der Waals surface area contributed by atoms with Gasteiger partial charge < -0.3 is 10.7 Å². The molecular formula is C21H32N4OS2. The summed E-state index contributed by atoms with van der Waals surface area (Å²) in [7, 11) is 0. The average Bonchev–Trinajstić information content (AvgIpc) is 2.97. The van der Waals surface area contributed by atoms with Crippen molar-refractivity contribution in [3.8, 4) is 0 Å². The first kappa shape index (κ1) is 21.4. The van der Waals surface area contributed by atoms with Crippen molar-refractivity contribution in [2.24, 2.45) is 22.6 Å². The van der Waals surface area contributed by atoms with E-state index in [2.05, 4.69) is 37.7 Å². The molecule has 0 spiro atoms. The Morgan fingerprint density at radius 3 is 2.93 bits per heavy atom. The highest BCUT2D eigenvalue weighted by atomic mass is 32.2. The summed E-state index contributed by atoms with van der Waals surface area (Å²) in [5, 5.41) is 1.38. The zero-order valence-electron chi connectivity index (χ0n) is 17.4. The van der Waals surface area contributed by atoms with Gasteiger partial charge in [0.05, 0.1) is 11.1 Å². The topological polar surface area (TPSA) is 84.1 Å².